The molecule has 4 atom stereocenters. The van der Waals surface area contributed by atoms with Crippen LogP contribution in [0.15, 0.2) is 29.2 Å². The number of rotatable bonds is 6. The van der Waals surface area contributed by atoms with Crippen molar-refractivity contribution < 1.29 is 22.1 Å². The van der Waals surface area contributed by atoms with Crippen LogP contribution in [0.2, 0.25) is 0 Å². The van der Waals surface area contributed by atoms with E-state index in [0.29, 0.717) is 31.0 Å². The van der Waals surface area contributed by atoms with E-state index in [0.717, 1.165) is 24.8 Å². The lowest BCUT2D eigenvalue weighted by Gasteiger charge is -2.43. The molecule has 6 heteroatoms. The summed E-state index contributed by atoms with van der Waals surface area (Å²) in [6.45, 7) is 9.83. The molecule has 5 nitrogen and oxygen atoms in total. The van der Waals surface area contributed by atoms with Gasteiger partial charge in [-0.15, -0.1) is 0 Å². The van der Waals surface area contributed by atoms with Crippen LogP contribution >= 0.6 is 0 Å². The van der Waals surface area contributed by atoms with E-state index in [4.69, 9.17) is 13.7 Å². The standard InChI is InChI=1S/C21H32O5S/c1-15-5-9-19(10-6-15)27(22,23)26-14-17(3)20-13-18(8-7-16(20)2)21(4)24-11-12-25-21/h5-6,9-10,16-18,20H,7-8,11-14H2,1-4H3/t16-,17-,18+,20+/m1/s1. The van der Waals surface area contributed by atoms with E-state index >= 15 is 0 Å². The molecule has 1 aliphatic heterocycles. The number of aryl methyl sites for hydroxylation is 1. The topological polar surface area (TPSA) is 61.8 Å². The maximum absolute atomic E-state index is 12.5. The Labute approximate surface area is 163 Å². The van der Waals surface area contributed by atoms with Gasteiger partial charge in [0.05, 0.1) is 24.7 Å². The van der Waals surface area contributed by atoms with E-state index in [1.54, 1.807) is 24.3 Å². The minimum Gasteiger partial charge on any atom is -0.348 e. The maximum Gasteiger partial charge on any atom is 0.296 e. The normalized spacial score (nSPS) is 29.6. The fourth-order valence-corrected chi connectivity index (χ4v) is 5.49. The van der Waals surface area contributed by atoms with Crippen LogP contribution in [0, 0.1) is 30.6 Å². The van der Waals surface area contributed by atoms with Crippen molar-refractivity contribution in [2.75, 3.05) is 19.8 Å². The molecule has 2 fully saturated rings. The average molecular weight is 397 g/mol. The monoisotopic (exact) mass is 396 g/mol. The summed E-state index contributed by atoms with van der Waals surface area (Å²) >= 11 is 0. The number of hydrogen-bond donors (Lipinski definition) is 0. The molecule has 0 radical (unpaired) electrons. The summed E-state index contributed by atoms with van der Waals surface area (Å²) in [4.78, 5) is 0.218. The number of hydrogen-bond acceptors (Lipinski definition) is 5. The summed E-state index contributed by atoms with van der Waals surface area (Å²) in [5, 5.41) is 0. The molecular weight excluding hydrogens is 364 g/mol. The Morgan fingerprint density at radius 2 is 1.81 bits per heavy atom. The molecule has 0 unspecified atom stereocenters. The third kappa shape index (κ3) is 4.73. The van der Waals surface area contributed by atoms with Crippen molar-refractivity contribution in [3.8, 4) is 0 Å². The summed E-state index contributed by atoms with van der Waals surface area (Å²) < 4.78 is 42.1. The Balaban J connectivity index is 1.62. The van der Waals surface area contributed by atoms with Crippen molar-refractivity contribution >= 4 is 10.1 Å². The van der Waals surface area contributed by atoms with E-state index in [-0.39, 0.29) is 17.4 Å². The van der Waals surface area contributed by atoms with E-state index in [1.165, 1.54) is 0 Å². The van der Waals surface area contributed by atoms with Crippen LogP contribution in [0.3, 0.4) is 0 Å². The summed E-state index contributed by atoms with van der Waals surface area (Å²) in [5.41, 5.74) is 1.02. The molecule has 3 rings (SSSR count). The van der Waals surface area contributed by atoms with Crippen molar-refractivity contribution in [1.29, 1.82) is 0 Å². The zero-order chi connectivity index (χ0) is 19.7. The molecule has 27 heavy (non-hydrogen) atoms. The van der Waals surface area contributed by atoms with Gasteiger partial charge in [-0.2, -0.15) is 8.42 Å². The Morgan fingerprint density at radius 3 is 2.44 bits per heavy atom. The molecule has 0 N–H and O–H groups in total. The number of ether oxygens (including phenoxy) is 2. The Morgan fingerprint density at radius 1 is 1.19 bits per heavy atom. The fourth-order valence-electron chi connectivity index (χ4n) is 4.49. The van der Waals surface area contributed by atoms with Crippen molar-refractivity contribution in [2.45, 2.75) is 57.6 Å². The van der Waals surface area contributed by atoms with Gasteiger partial charge in [-0.1, -0.05) is 31.5 Å². The predicted molar refractivity (Wildman–Crippen MR) is 104 cm³/mol. The molecule has 1 aromatic rings. The van der Waals surface area contributed by atoms with Crippen LogP contribution in [0.25, 0.3) is 0 Å². The van der Waals surface area contributed by atoms with Crippen molar-refractivity contribution in [3.63, 3.8) is 0 Å². The van der Waals surface area contributed by atoms with Crippen LogP contribution in [0.4, 0.5) is 0 Å². The fraction of sp³-hybridized carbons (Fsp3) is 0.714. The minimum atomic E-state index is -3.72. The molecule has 1 saturated heterocycles. The van der Waals surface area contributed by atoms with Gasteiger partial charge in [-0.3, -0.25) is 4.18 Å². The molecule has 0 aromatic heterocycles. The minimum absolute atomic E-state index is 0.146. The first kappa shape index (κ1) is 20.8. The molecular formula is C21H32O5S. The van der Waals surface area contributed by atoms with Crippen LogP contribution in [0.5, 0.6) is 0 Å². The first-order valence-electron chi connectivity index (χ1n) is 9.95. The first-order chi connectivity index (χ1) is 12.7. The smallest absolute Gasteiger partial charge is 0.296 e. The molecule has 1 aliphatic carbocycles. The zero-order valence-corrected chi connectivity index (χ0v) is 17.6. The predicted octanol–water partition coefficient (Wildman–Crippen LogP) is 4.15. The summed E-state index contributed by atoms with van der Waals surface area (Å²) in [7, 11) is -3.72. The number of benzene rings is 1. The Kier molecular flexibility index (Phi) is 6.31. The van der Waals surface area contributed by atoms with E-state index in [9.17, 15) is 8.42 Å². The van der Waals surface area contributed by atoms with E-state index in [1.807, 2.05) is 13.8 Å². The summed E-state index contributed by atoms with van der Waals surface area (Å²) in [6, 6.07) is 6.78. The molecule has 0 amide bonds. The summed E-state index contributed by atoms with van der Waals surface area (Å²) in [5.74, 6) is 0.923. The SMILES string of the molecule is Cc1ccc(S(=O)(=O)OC[C@@H](C)[C@H]2C[C@@H](C3(C)OCCO3)CC[C@H]2C)cc1. The van der Waals surface area contributed by atoms with E-state index < -0.39 is 15.9 Å². The van der Waals surface area contributed by atoms with Gasteiger partial charge in [0.25, 0.3) is 10.1 Å². The van der Waals surface area contributed by atoms with Crippen molar-refractivity contribution in [2.24, 2.45) is 23.7 Å². The molecule has 0 spiro atoms. The Hall–Kier alpha value is -0.950. The average Bonchev–Trinajstić information content (AvgIpc) is 3.08. The van der Waals surface area contributed by atoms with Gasteiger partial charge in [-0.25, -0.2) is 0 Å². The molecule has 1 saturated carbocycles. The van der Waals surface area contributed by atoms with Crippen molar-refractivity contribution in [1.82, 2.24) is 0 Å². The van der Waals surface area contributed by atoms with Gasteiger partial charge in [0.15, 0.2) is 5.79 Å². The molecule has 152 valence electrons. The largest absolute Gasteiger partial charge is 0.348 e. The highest BCUT2D eigenvalue weighted by Gasteiger charge is 2.44. The van der Waals surface area contributed by atoms with Crippen molar-refractivity contribution in [3.05, 3.63) is 29.8 Å². The van der Waals surface area contributed by atoms with Gasteiger partial charge in [0, 0.05) is 5.92 Å². The lowest BCUT2D eigenvalue weighted by atomic mass is 9.68. The lowest BCUT2D eigenvalue weighted by molar-refractivity contribution is -0.195. The van der Waals surface area contributed by atoms with Gasteiger partial charge >= 0.3 is 0 Å². The van der Waals surface area contributed by atoms with Gasteiger partial charge in [0.1, 0.15) is 0 Å². The highest BCUT2D eigenvalue weighted by molar-refractivity contribution is 7.86. The van der Waals surface area contributed by atoms with Crippen LogP contribution in [0.1, 0.15) is 45.6 Å². The zero-order valence-electron chi connectivity index (χ0n) is 16.8. The van der Waals surface area contributed by atoms with Gasteiger partial charge < -0.3 is 9.47 Å². The molecule has 2 aliphatic rings. The summed E-state index contributed by atoms with van der Waals surface area (Å²) in [6.07, 6.45) is 3.17. The van der Waals surface area contributed by atoms with Gasteiger partial charge in [-0.05, 0) is 63.0 Å². The van der Waals surface area contributed by atoms with Crippen LogP contribution in [-0.2, 0) is 23.8 Å². The van der Waals surface area contributed by atoms with Crippen LogP contribution < -0.4 is 0 Å². The first-order valence-corrected chi connectivity index (χ1v) is 11.4. The third-order valence-corrected chi connectivity index (χ3v) is 7.68. The van der Waals surface area contributed by atoms with Crippen LogP contribution in [-0.4, -0.2) is 34.0 Å². The quantitative estimate of drug-likeness (QED) is 0.676. The van der Waals surface area contributed by atoms with E-state index in [2.05, 4.69) is 13.8 Å². The molecule has 1 heterocycles. The Bertz CT molecular complexity index is 721. The third-order valence-electron chi connectivity index (χ3n) is 6.39. The molecule has 1 aromatic carbocycles. The second-order valence-electron chi connectivity index (χ2n) is 8.39. The second kappa shape index (κ2) is 8.19. The second-order valence-corrected chi connectivity index (χ2v) is 10.0. The highest BCUT2D eigenvalue weighted by Crippen LogP contribution is 2.45. The molecule has 0 bridgehead atoms. The maximum atomic E-state index is 12.5. The van der Waals surface area contributed by atoms with Gasteiger partial charge in [0.2, 0.25) is 0 Å². The highest BCUT2D eigenvalue weighted by atomic mass is 32.2. The lowest BCUT2D eigenvalue weighted by Crippen LogP contribution is -2.42.